The number of hydrogen-bond acceptors (Lipinski definition) is 6. The molecule has 2 heterocycles. The van der Waals surface area contributed by atoms with Crippen LogP contribution in [0.1, 0.15) is 19.8 Å². The number of benzene rings is 1. The number of carbonyl (C=O) groups is 1. The molecule has 1 aromatic heterocycles. The van der Waals surface area contributed by atoms with Gasteiger partial charge in [0.1, 0.15) is 0 Å². The van der Waals surface area contributed by atoms with Crippen LogP contribution in [0, 0.1) is 5.92 Å². The van der Waals surface area contributed by atoms with Gasteiger partial charge < -0.3 is 15.0 Å². The van der Waals surface area contributed by atoms with Gasteiger partial charge in [-0.1, -0.05) is 30.0 Å². The predicted molar refractivity (Wildman–Crippen MR) is 105 cm³/mol. The number of anilines is 1. The number of aromatic nitrogens is 3. The van der Waals surface area contributed by atoms with E-state index in [-0.39, 0.29) is 11.9 Å². The number of rotatable bonds is 7. The van der Waals surface area contributed by atoms with Crippen molar-refractivity contribution in [1.82, 2.24) is 20.1 Å². The Labute approximate surface area is 163 Å². The Balaban J connectivity index is 1.51. The number of amides is 1. The first-order valence-corrected chi connectivity index (χ1v) is 10.5. The van der Waals surface area contributed by atoms with Crippen molar-refractivity contribution in [3.8, 4) is 5.69 Å². The minimum Gasteiger partial charge on any atom is -0.378 e. The summed E-state index contributed by atoms with van der Waals surface area (Å²) in [5, 5.41) is 12.6. The van der Waals surface area contributed by atoms with Crippen molar-refractivity contribution in [2.24, 2.45) is 5.92 Å². The van der Waals surface area contributed by atoms with Gasteiger partial charge in [-0.15, -0.1) is 10.2 Å². The Kier molecular flexibility index (Phi) is 5.63. The van der Waals surface area contributed by atoms with E-state index in [4.69, 9.17) is 4.74 Å². The van der Waals surface area contributed by atoms with Gasteiger partial charge in [0.05, 0.1) is 24.7 Å². The quantitative estimate of drug-likeness (QED) is 0.734. The third-order valence-corrected chi connectivity index (χ3v) is 5.90. The lowest BCUT2D eigenvalue weighted by Crippen LogP contribution is -2.38. The molecular weight excluding hydrogens is 362 g/mol. The van der Waals surface area contributed by atoms with Crippen LogP contribution in [0.2, 0.25) is 0 Å². The van der Waals surface area contributed by atoms with Gasteiger partial charge in [-0.3, -0.25) is 9.36 Å². The summed E-state index contributed by atoms with van der Waals surface area (Å²) in [6.07, 6.45) is 2.44. The van der Waals surface area contributed by atoms with Crippen molar-refractivity contribution < 1.29 is 9.53 Å². The van der Waals surface area contributed by atoms with E-state index in [1.807, 2.05) is 34.9 Å². The van der Waals surface area contributed by atoms with Crippen molar-refractivity contribution in [3.05, 3.63) is 30.3 Å². The van der Waals surface area contributed by atoms with Crippen LogP contribution < -0.4 is 10.2 Å². The van der Waals surface area contributed by atoms with E-state index in [0.29, 0.717) is 24.9 Å². The maximum Gasteiger partial charge on any atom is 0.232 e. The summed E-state index contributed by atoms with van der Waals surface area (Å²) in [4.78, 5) is 14.5. The summed E-state index contributed by atoms with van der Waals surface area (Å²) in [7, 11) is 0. The van der Waals surface area contributed by atoms with Crippen LogP contribution in [0.5, 0.6) is 0 Å². The average molecular weight is 388 g/mol. The van der Waals surface area contributed by atoms with E-state index in [1.165, 1.54) is 24.6 Å². The Bertz CT molecular complexity index is 772. The SMILES string of the molecule is CC(NC(=O)CSc1nnc(N2CCOCC2)n1-c1ccccc1)C1CC1. The molecule has 1 atom stereocenters. The molecule has 0 bridgehead atoms. The molecule has 27 heavy (non-hydrogen) atoms. The zero-order valence-corrected chi connectivity index (χ0v) is 16.3. The number of carbonyl (C=O) groups excluding carboxylic acids is 1. The van der Waals surface area contributed by atoms with Crippen LogP contribution in [0.15, 0.2) is 35.5 Å². The summed E-state index contributed by atoms with van der Waals surface area (Å²) in [6, 6.07) is 10.3. The Hall–Kier alpha value is -2.06. The standard InChI is InChI=1S/C19H25N5O2S/c1-14(15-7-8-15)20-17(25)13-27-19-22-21-18(23-9-11-26-12-10-23)24(19)16-5-3-2-4-6-16/h2-6,14-15H,7-13H2,1H3,(H,20,25). The van der Waals surface area contributed by atoms with Gasteiger partial charge in [0.2, 0.25) is 11.9 Å². The van der Waals surface area contributed by atoms with Crippen LogP contribution in [0.25, 0.3) is 5.69 Å². The fourth-order valence-electron chi connectivity index (χ4n) is 3.27. The topological polar surface area (TPSA) is 72.3 Å². The highest BCUT2D eigenvalue weighted by Crippen LogP contribution is 2.32. The molecule has 1 amide bonds. The Morgan fingerprint density at radius 1 is 1.26 bits per heavy atom. The second-order valence-corrected chi connectivity index (χ2v) is 7.98. The molecule has 8 heteroatoms. The van der Waals surface area contributed by atoms with Gasteiger partial charge >= 0.3 is 0 Å². The van der Waals surface area contributed by atoms with Crippen LogP contribution in [-0.4, -0.2) is 58.8 Å². The third kappa shape index (κ3) is 4.44. The maximum absolute atomic E-state index is 12.3. The number of nitrogens with one attached hydrogen (secondary N) is 1. The molecule has 1 N–H and O–H groups in total. The van der Waals surface area contributed by atoms with Gasteiger partial charge in [0.15, 0.2) is 5.16 Å². The van der Waals surface area contributed by atoms with Crippen LogP contribution in [0.4, 0.5) is 5.95 Å². The molecule has 1 aromatic carbocycles. The summed E-state index contributed by atoms with van der Waals surface area (Å²) < 4.78 is 7.49. The van der Waals surface area contributed by atoms with E-state index >= 15 is 0 Å². The lowest BCUT2D eigenvalue weighted by molar-refractivity contribution is -0.119. The predicted octanol–water partition coefficient (Wildman–Crippen LogP) is 2.11. The third-order valence-electron chi connectivity index (χ3n) is 4.97. The molecule has 1 unspecified atom stereocenters. The molecule has 4 rings (SSSR count). The van der Waals surface area contributed by atoms with E-state index in [1.54, 1.807) is 0 Å². The molecule has 1 aliphatic carbocycles. The zero-order valence-electron chi connectivity index (χ0n) is 15.5. The van der Waals surface area contributed by atoms with Crippen molar-refractivity contribution in [1.29, 1.82) is 0 Å². The first kappa shape index (κ1) is 18.3. The number of nitrogens with zero attached hydrogens (tertiary/aromatic N) is 4. The second kappa shape index (κ2) is 8.31. The first-order chi connectivity index (χ1) is 13.2. The molecule has 2 aromatic rings. The van der Waals surface area contributed by atoms with Gasteiger partial charge in [-0.2, -0.15) is 0 Å². The Morgan fingerprint density at radius 3 is 2.70 bits per heavy atom. The molecule has 2 aliphatic rings. The minimum absolute atomic E-state index is 0.0509. The van der Waals surface area contributed by atoms with E-state index in [0.717, 1.165) is 29.9 Å². The second-order valence-electron chi connectivity index (χ2n) is 7.04. The molecule has 0 spiro atoms. The highest BCUT2D eigenvalue weighted by atomic mass is 32.2. The van der Waals surface area contributed by atoms with Crippen molar-refractivity contribution in [3.63, 3.8) is 0 Å². The monoisotopic (exact) mass is 387 g/mol. The first-order valence-electron chi connectivity index (χ1n) is 9.48. The molecule has 1 saturated carbocycles. The molecule has 1 aliphatic heterocycles. The maximum atomic E-state index is 12.3. The van der Waals surface area contributed by atoms with Crippen LogP contribution in [-0.2, 0) is 9.53 Å². The van der Waals surface area contributed by atoms with Crippen LogP contribution >= 0.6 is 11.8 Å². The number of para-hydroxylation sites is 1. The zero-order chi connectivity index (χ0) is 18.6. The normalized spacial score (nSPS) is 18.3. The lowest BCUT2D eigenvalue weighted by Gasteiger charge is -2.27. The number of hydrogen-bond donors (Lipinski definition) is 1. The van der Waals surface area contributed by atoms with Crippen molar-refractivity contribution in [2.75, 3.05) is 37.0 Å². The van der Waals surface area contributed by atoms with E-state index in [9.17, 15) is 4.79 Å². The van der Waals surface area contributed by atoms with Gasteiger partial charge in [0, 0.05) is 19.1 Å². The summed E-state index contributed by atoms with van der Waals surface area (Å²) in [6.45, 7) is 5.03. The molecule has 2 fully saturated rings. The van der Waals surface area contributed by atoms with E-state index < -0.39 is 0 Å². The molecule has 1 saturated heterocycles. The molecule has 0 radical (unpaired) electrons. The van der Waals surface area contributed by atoms with Gasteiger partial charge in [0.25, 0.3) is 0 Å². The number of morpholine rings is 1. The number of ether oxygens (including phenoxy) is 1. The fourth-order valence-corrected chi connectivity index (χ4v) is 4.02. The Morgan fingerprint density at radius 2 is 2.00 bits per heavy atom. The highest BCUT2D eigenvalue weighted by molar-refractivity contribution is 7.99. The molecule has 7 nitrogen and oxygen atoms in total. The minimum atomic E-state index is 0.0509. The smallest absolute Gasteiger partial charge is 0.232 e. The average Bonchev–Trinajstić information content (AvgIpc) is 3.47. The summed E-state index contributed by atoms with van der Waals surface area (Å²) in [5.41, 5.74) is 0.998. The van der Waals surface area contributed by atoms with Crippen molar-refractivity contribution >= 4 is 23.6 Å². The van der Waals surface area contributed by atoms with Gasteiger partial charge in [-0.25, -0.2) is 0 Å². The summed E-state index contributed by atoms with van der Waals surface area (Å²) >= 11 is 1.43. The van der Waals surface area contributed by atoms with Gasteiger partial charge in [-0.05, 0) is 37.8 Å². The molecular formula is C19H25N5O2S. The molecule has 144 valence electrons. The summed E-state index contributed by atoms with van der Waals surface area (Å²) in [5.74, 6) is 1.85. The lowest BCUT2D eigenvalue weighted by atomic mass is 10.2. The highest BCUT2D eigenvalue weighted by Gasteiger charge is 2.29. The fraction of sp³-hybridized carbons (Fsp3) is 0.526. The van der Waals surface area contributed by atoms with Crippen LogP contribution in [0.3, 0.4) is 0 Å². The van der Waals surface area contributed by atoms with Crippen molar-refractivity contribution in [2.45, 2.75) is 31.0 Å². The van der Waals surface area contributed by atoms with E-state index in [2.05, 4.69) is 27.3 Å². The number of thioether (sulfide) groups is 1. The largest absolute Gasteiger partial charge is 0.378 e.